The third-order valence-corrected chi connectivity index (χ3v) is 5.81. The van der Waals surface area contributed by atoms with E-state index in [1.165, 1.54) is 5.04 Å². The number of carbonyl (C=O) groups is 1. The van der Waals surface area contributed by atoms with Crippen molar-refractivity contribution >= 4 is 28.3 Å². The molecule has 0 spiro atoms. The second-order valence-corrected chi connectivity index (χ2v) is 8.38. The van der Waals surface area contributed by atoms with E-state index in [4.69, 9.17) is 4.99 Å². The average molecular weight is 320 g/mol. The van der Waals surface area contributed by atoms with Crippen molar-refractivity contribution in [3.63, 3.8) is 0 Å². The summed E-state index contributed by atoms with van der Waals surface area (Å²) in [4.78, 5) is 16.2. The van der Waals surface area contributed by atoms with E-state index >= 15 is 0 Å². The zero-order valence-corrected chi connectivity index (χ0v) is 15.8. The van der Waals surface area contributed by atoms with Gasteiger partial charge in [-0.15, -0.1) is 11.8 Å². The number of nitrogens with zero attached hydrogens (tertiary/aromatic N) is 1. The minimum absolute atomic E-state index is 0.178. The molecule has 0 aliphatic carbocycles. The summed E-state index contributed by atoms with van der Waals surface area (Å²) in [5, 5.41) is 1.18. The van der Waals surface area contributed by atoms with Gasteiger partial charge in [-0.3, -0.25) is 4.79 Å². The minimum Gasteiger partial charge on any atom is -0.300 e. The number of rotatable bonds is 3. The molecule has 0 atom stereocenters. The van der Waals surface area contributed by atoms with Crippen molar-refractivity contribution in [2.75, 3.05) is 0 Å². The number of Topliss-reactive ketones (excluding diaryl/α,β-unsaturated/α-hetero) is 1. The highest BCUT2D eigenvalue weighted by molar-refractivity contribution is 8.15. The van der Waals surface area contributed by atoms with Gasteiger partial charge in [0.2, 0.25) is 0 Å². The molecule has 1 aliphatic rings. The molecule has 2 rings (SSSR count). The molecule has 0 amide bonds. The zero-order chi connectivity index (χ0) is 17.0. The van der Waals surface area contributed by atoms with Crippen molar-refractivity contribution in [3.05, 3.63) is 29.8 Å². The lowest BCUT2D eigenvalue weighted by Gasteiger charge is -2.32. The van der Waals surface area contributed by atoms with Gasteiger partial charge < -0.3 is 0 Å². The van der Waals surface area contributed by atoms with Gasteiger partial charge in [0.05, 0.1) is 10.7 Å². The second-order valence-electron chi connectivity index (χ2n) is 6.69. The van der Waals surface area contributed by atoms with Crippen LogP contribution in [0.1, 0.15) is 60.5 Å². The van der Waals surface area contributed by atoms with E-state index in [1.807, 2.05) is 49.9 Å². The lowest BCUT2D eigenvalue weighted by Crippen LogP contribution is -2.30. The monoisotopic (exact) mass is 319 g/mol. The second kappa shape index (κ2) is 7.45. The van der Waals surface area contributed by atoms with Gasteiger partial charge in [-0.05, 0) is 37.8 Å². The van der Waals surface area contributed by atoms with Gasteiger partial charge in [-0.2, -0.15) is 0 Å². The molecule has 1 fully saturated rings. The van der Waals surface area contributed by atoms with Crippen LogP contribution in [0, 0.1) is 5.41 Å². The maximum Gasteiger partial charge on any atom is 0.134 e. The Labute approximate surface area is 139 Å². The molecule has 1 aromatic carbocycles. The van der Waals surface area contributed by atoms with Crippen molar-refractivity contribution < 1.29 is 4.79 Å². The van der Waals surface area contributed by atoms with E-state index in [9.17, 15) is 4.79 Å². The van der Waals surface area contributed by atoms with Crippen LogP contribution in [0.15, 0.2) is 29.3 Å². The Kier molecular flexibility index (Phi) is 6.42. The van der Waals surface area contributed by atoms with Gasteiger partial charge in [0.1, 0.15) is 5.78 Å². The predicted molar refractivity (Wildman–Crippen MR) is 99.3 cm³/mol. The highest BCUT2D eigenvalue weighted by atomic mass is 32.2. The third-order valence-electron chi connectivity index (χ3n) is 4.27. The van der Waals surface area contributed by atoms with Crippen LogP contribution in [0.3, 0.4) is 0 Å². The molecule has 1 aliphatic heterocycles. The molecule has 22 heavy (non-hydrogen) atoms. The molecule has 0 aromatic heterocycles. The van der Waals surface area contributed by atoms with Gasteiger partial charge in [0, 0.05) is 17.6 Å². The summed E-state index contributed by atoms with van der Waals surface area (Å²) in [7, 11) is 0. The first-order valence-corrected chi connectivity index (χ1v) is 8.87. The Bertz CT molecular complexity index is 540. The van der Waals surface area contributed by atoms with Crippen molar-refractivity contribution in [2.24, 2.45) is 10.4 Å². The molecule has 0 bridgehead atoms. The number of hydrogen-bond donors (Lipinski definition) is 0. The molecule has 3 heteroatoms. The van der Waals surface area contributed by atoms with Crippen LogP contribution < -0.4 is 0 Å². The standard InChI is InChI=1S/C17H23NOS.C2H6/c1-12(19)10-13-8-6-7-9-14(13)18-15-11-16(2,3)17(4,5)20-15;1-2/h6-9H,10-11H2,1-5H3;1-2H3. The van der Waals surface area contributed by atoms with Crippen LogP contribution in [-0.4, -0.2) is 15.6 Å². The van der Waals surface area contributed by atoms with E-state index in [2.05, 4.69) is 27.7 Å². The summed E-state index contributed by atoms with van der Waals surface area (Å²) in [6.45, 7) is 14.8. The number of benzene rings is 1. The predicted octanol–water partition coefficient (Wildman–Crippen LogP) is 5.82. The largest absolute Gasteiger partial charge is 0.300 e. The molecule has 1 saturated heterocycles. The van der Waals surface area contributed by atoms with Crippen LogP contribution in [0.25, 0.3) is 0 Å². The van der Waals surface area contributed by atoms with Crippen LogP contribution in [0.5, 0.6) is 0 Å². The third kappa shape index (κ3) is 4.45. The maximum absolute atomic E-state index is 11.4. The van der Waals surface area contributed by atoms with E-state index in [0.29, 0.717) is 6.42 Å². The first-order chi connectivity index (χ1) is 10.2. The van der Waals surface area contributed by atoms with Crippen molar-refractivity contribution in [1.29, 1.82) is 0 Å². The van der Waals surface area contributed by atoms with E-state index in [-0.39, 0.29) is 15.9 Å². The topological polar surface area (TPSA) is 29.4 Å². The first-order valence-electron chi connectivity index (χ1n) is 8.05. The van der Waals surface area contributed by atoms with Crippen LogP contribution in [0.2, 0.25) is 0 Å². The molecule has 1 aromatic rings. The molecule has 0 saturated carbocycles. The van der Waals surface area contributed by atoms with Crippen LogP contribution in [-0.2, 0) is 11.2 Å². The van der Waals surface area contributed by atoms with Gasteiger partial charge in [0.25, 0.3) is 0 Å². The summed E-state index contributed by atoms with van der Waals surface area (Å²) >= 11 is 1.86. The molecular formula is C19H29NOS. The van der Waals surface area contributed by atoms with Crippen LogP contribution in [0.4, 0.5) is 5.69 Å². The summed E-state index contributed by atoms with van der Waals surface area (Å²) in [6.07, 6.45) is 1.46. The smallest absolute Gasteiger partial charge is 0.134 e. The number of ketones is 1. The normalized spacial score (nSPS) is 20.4. The number of para-hydroxylation sites is 1. The first kappa shape index (κ1) is 19.0. The molecule has 0 unspecified atom stereocenters. The van der Waals surface area contributed by atoms with Crippen molar-refractivity contribution in [1.82, 2.24) is 0 Å². The molecule has 0 radical (unpaired) electrons. The van der Waals surface area contributed by atoms with E-state index < -0.39 is 0 Å². The van der Waals surface area contributed by atoms with E-state index in [0.717, 1.165) is 17.7 Å². The Morgan fingerprint density at radius 3 is 2.27 bits per heavy atom. The van der Waals surface area contributed by atoms with Crippen molar-refractivity contribution in [3.8, 4) is 0 Å². The van der Waals surface area contributed by atoms with Gasteiger partial charge >= 0.3 is 0 Å². The quantitative estimate of drug-likeness (QED) is 0.703. The summed E-state index contributed by atoms with van der Waals surface area (Å²) in [5.74, 6) is 0.178. The number of thioether (sulfide) groups is 1. The average Bonchev–Trinajstić information content (AvgIpc) is 2.61. The number of carbonyl (C=O) groups excluding carboxylic acids is 1. The van der Waals surface area contributed by atoms with Gasteiger partial charge in [-0.1, -0.05) is 45.9 Å². The van der Waals surface area contributed by atoms with Gasteiger partial charge in [0.15, 0.2) is 0 Å². The summed E-state index contributed by atoms with van der Waals surface area (Å²) < 4.78 is 0.196. The number of aliphatic imine (C=N–C) groups is 1. The van der Waals surface area contributed by atoms with Crippen molar-refractivity contribution in [2.45, 2.75) is 66.1 Å². The molecule has 122 valence electrons. The lowest BCUT2D eigenvalue weighted by molar-refractivity contribution is -0.116. The lowest BCUT2D eigenvalue weighted by atomic mass is 9.78. The minimum atomic E-state index is 0.178. The van der Waals surface area contributed by atoms with E-state index in [1.54, 1.807) is 6.92 Å². The fourth-order valence-corrected chi connectivity index (χ4v) is 3.81. The Morgan fingerprint density at radius 1 is 1.18 bits per heavy atom. The zero-order valence-electron chi connectivity index (χ0n) is 15.0. The fraction of sp³-hybridized carbons (Fsp3) is 0.579. The maximum atomic E-state index is 11.4. The Balaban J connectivity index is 0.00000116. The highest BCUT2D eigenvalue weighted by Gasteiger charge is 2.45. The molecule has 0 N–H and O–H groups in total. The molecule has 1 heterocycles. The fourth-order valence-electron chi connectivity index (χ4n) is 2.29. The Hall–Kier alpha value is -1.09. The SMILES string of the molecule is CC.CC(=O)Cc1ccccc1N=C1CC(C)(C)C(C)(C)S1. The molecule has 2 nitrogen and oxygen atoms in total. The van der Waals surface area contributed by atoms with Gasteiger partial charge in [-0.25, -0.2) is 4.99 Å². The van der Waals surface area contributed by atoms with Crippen LogP contribution >= 0.6 is 11.8 Å². The Morgan fingerprint density at radius 2 is 1.77 bits per heavy atom. The summed E-state index contributed by atoms with van der Waals surface area (Å²) in [5.41, 5.74) is 2.21. The summed E-state index contributed by atoms with van der Waals surface area (Å²) in [6, 6.07) is 7.96. The number of hydrogen-bond acceptors (Lipinski definition) is 3. The molecular weight excluding hydrogens is 290 g/mol. The highest BCUT2D eigenvalue weighted by Crippen LogP contribution is 2.53.